The molecule has 0 spiro atoms. The molecule has 6 aromatic rings. The van der Waals surface area contributed by atoms with E-state index in [9.17, 15) is 0 Å². The average Bonchev–Trinajstić information content (AvgIpc) is 3.13. The number of rotatable bonds is 2. The molecule has 0 atom stereocenters. The van der Waals surface area contributed by atoms with Crippen LogP contribution in [0.15, 0.2) is 128 Å². The first kappa shape index (κ1) is 26.2. The van der Waals surface area contributed by atoms with Crippen LogP contribution in [-0.2, 0) is 20.1 Å². The molecule has 1 aliphatic rings. The summed E-state index contributed by atoms with van der Waals surface area (Å²) in [5, 5.41) is 0. The van der Waals surface area contributed by atoms with E-state index in [1.54, 1.807) is 6.20 Å². The SMILES string of the molecule is Cc1cccnc1-c1[c-]cc2c(c1)-c1ccccc1-c1ccccc1O2.[Ir].[c-]1ccccc1-c1ccccn1. The number of aryl methyl sites for hydroxylation is 1. The van der Waals surface area contributed by atoms with Gasteiger partial charge in [-0.25, -0.2) is 0 Å². The molecule has 7 rings (SSSR count). The molecule has 0 saturated carbocycles. The standard InChI is InChI=1S/C24H16NO.C11H8N.Ir/c1-16-7-6-14-25-24(16)17-12-13-23-21(15-17)19-9-3-2-8-18(19)20-10-4-5-11-22(20)26-23;1-2-6-10(7-3-1)11-8-4-5-9-12-11;/h2-11,13-15H,1H3;1-6,8-9H;/q2*-1;. The Bertz CT molecular complexity index is 1660. The maximum Gasteiger partial charge on any atom is 0.122 e. The summed E-state index contributed by atoms with van der Waals surface area (Å²) >= 11 is 0. The van der Waals surface area contributed by atoms with Crippen LogP contribution in [0.5, 0.6) is 11.5 Å². The maximum atomic E-state index is 6.25. The van der Waals surface area contributed by atoms with Gasteiger partial charge in [-0.2, -0.15) is 0 Å². The first-order valence-electron chi connectivity index (χ1n) is 12.5. The summed E-state index contributed by atoms with van der Waals surface area (Å²) in [4.78, 5) is 8.76. The van der Waals surface area contributed by atoms with Crippen LogP contribution in [0.1, 0.15) is 5.56 Å². The summed E-state index contributed by atoms with van der Waals surface area (Å²) in [5.41, 5.74) is 9.59. The normalized spacial score (nSPS) is 10.7. The van der Waals surface area contributed by atoms with Gasteiger partial charge in [0.15, 0.2) is 0 Å². The Morgan fingerprint density at radius 1 is 0.590 bits per heavy atom. The third kappa shape index (κ3) is 5.58. The molecule has 0 fully saturated rings. The van der Waals surface area contributed by atoms with E-state index in [1.807, 2.05) is 79.0 Å². The van der Waals surface area contributed by atoms with Gasteiger partial charge in [0, 0.05) is 38.1 Å². The molecule has 0 saturated heterocycles. The van der Waals surface area contributed by atoms with Crippen LogP contribution in [0.25, 0.3) is 44.8 Å². The van der Waals surface area contributed by atoms with Crippen LogP contribution >= 0.6 is 0 Å². The van der Waals surface area contributed by atoms with E-state index in [2.05, 4.69) is 71.5 Å². The van der Waals surface area contributed by atoms with Gasteiger partial charge in [-0.1, -0.05) is 71.8 Å². The van der Waals surface area contributed by atoms with Crippen molar-refractivity contribution in [3.63, 3.8) is 0 Å². The zero-order valence-corrected chi connectivity index (χ0v) is 23.7. The molecule has 3 heterocycles. The fourth-order valence-electron chi connectivity index (χ4n) is 4.60. The smallest absolute Gasteiger partial charge is 0.122 e. The predicted octanol–water partition coefficient (Wildman–Crippen LogP) is 8.84. The van der Waals surface area contributed by atoms with E-state index < -0.39 is 0 Å². The molecule has 4 aromatic carbocycles. The van der Waals surface area contributed by atoms with Crippen LogP contribution in [-0.4, -0.2) is 9.97 Å². The maximum absolute atomic E-state index is 6.25. The summed E-state index contributed by atoms with van der Waals surface area (Å²) < 4.78 is 6.25. The third-order valence-corrected chi connectivity index (χ3v) is 6.44. The molecule has 0 N–H and O–H groups in total. The number of benzene rings is 4. The molecule has 1 radical (unpaired) electrons. The summed E-state index contributed by atoms with van der Waals surface area (Å²) in [6.07, 6.45) is 3.61. The molecular weight excluding hydrogens is 657 g/mol. The molecule has 4 heteroatoms. The van der Waals surface area contributed by atoms with Gasteiger partial charge in [0.1, 0.15) is 5.75 Å². The monoisotopic (exact) mass is 681 g/mol. The second kappa shape index (κ2) is 12.0. The van der Waals surface area contributed by atoms with Crippen molar-refractivity contribution < 1.29 is 24.8 Å². The third-order valence-electron chi connectivity index (χ3n) is 6.44. The minimum absolute atomic E-state index is 0. The Labute approximate surface area is 242 Å². The largest absolute Gasteiger partial charge is 0.500 e. The van der Waals surface area contributed by atoms with E-state index in [0.717, 1.165) is 56.3 Å². The molecular formula is C35H24IrN2O-2. The minimum Gasteiger partial charge on any atom is -0.500 e. The molecule has 0 unspecified atom stereocenters. The van der Waals surface area contributed by atoms with Crippen LogP contribution in [0.2, 0.25) is 0 Å². The molecule has 0 aliphatic carbocycles. The van der Waals surface area contributed by atoms with Gasteiger partial charge in [-0.3, -0.25) is 0 Å². The predicted molar refractivity (Wildman–Crippen MR) is 153 cm³/mol. The zero-order valence-electron chi connectivity index (χ0n) is 21.3. The summed E-state index contributed by atoms with van der Waals surface area (Å²) in [7, 11) is 0. The molecule has 3 nitrogen and oxygen atoms in total. The number of nitrogens with zero attached hydrogens (tertiary/aromatic N) is 2. The van der Waals surface area contributed by atoms with Crippen molar-refractivity contribution >= 4 is 0 Å². The second-order valence-corrected chi connectivity index (χ2v) is 8.93. The van der Waals surface area contributed by atoms with Crippen molar-refractivity contribution in [2.24, 2.45) is 0 Å². The van der Waals surface area contributed by atoms with Gasteiger partial charge >= 0.3 is 0 Å². The molecule has 2 aromatic heterocycles. The van der Waals surface area contributed by atoms with Gasteiger partial charge in [-0.05, 0) is 47.6 Å². The molecule has 0 amide bonds. The fourth-order valence-corrected chi connectivity index (χ4v) is 4.60. The van der Waals surface area contributed by atoms with E-state index in [0.29, 0.717) is 0 Å². The number of fused-ring (bicyclic) bond motifs is 5. The summed E-state index contributed by atoms with van der Waals surface area (Å²) in [6.45, 7) is 2.07. The summed E-state index contributed by atoms with van der Waals surface area (Å²) in [5.74, 6) is 1.69. The Morgan fingerprint density at radius 3 is 2.05 bits per heavy atom. The quantitative estimate of drug-likeness (QED) is 0.171. The number of pyridine rings is 2. The number of hydrogen-bond acceptors (Lipinski definition) is 3. The second-order valence-electron chi connectivity index (χ2n) is 8.93. The van der Waals surface area contributed by atoms with Crippen molar-refractivity contribution in [1.29, 1.82) is 0 Å². The Kier molecular flexibility index (Phi) is 8.07. The van der Waals surface area contributed by atoms with Crippen LogP contribution in [0.3, 0.4) is 0 Å². The topological polar surface area (TPSA) is 35.0 Å². The van der Waals surface area contributed by atoms with Crippen molar-refractivity contribution in [1.82, 2.24) is 9.97 Å². The number of hydrogen-bond donors (Lipinski definition) is 0. The van der Waals surface area contributed by atoms with Gasteiger partial charge in [-0.15, -0.1) is 59.7 Å². The van der Waals surface area contributed by atoms with E-state index in [1.165, 1.54) is 5.56 Å². The van der Waals surface area contributed by atoms with E-state index in [4.69, 9.17) is 4.74 Å². The van der Waals surface area contributed by atoms with Crippen molar-refractivity contribution in [3.8, 4) is 56.3 Å². The first-order valence-corrected chi connectivity index (χ1v) is 12.5. The molecule has 191 valence electrons. The van der Waals surface area contributed by atoms with Gasteiger partial charge in [0.25, 0.3) is 0 Å². The Balaban J connectivity index is 0.000000200. The molecule has 0 bridgehead atoms. The van der Waals surface area contributed by atoms with Gasteiger partial charge in [0.05, 0.1) is 5.75 Å². The fraction of sp³-hybridized carbons (Fsp3) is 0.0286. The first-order chi connectivity index (χ1) is 18.8. The Morgan fingerprint density at radius 2 is 1.31 bits per heavy atom. The number of ether oxygens (including phenoxy) is 1. The number of para-hydroxylation sites is 1. The minimum atomic E-state index is 0. The van der Waals surface area contributed by atoms with Crippen molar-refractivity contribution in [2.75, 3.05) is 0 Å². The van der Waals surface area contributed by atoms with Gasteiger partial charge in [0.2, 0.25) is 0 Å². The van der Waals surface area contributed by atoms with Crippen LogP contribution < -0.4 is 4.74 Å². The number of aromatic nitrogens is 2. The average molecular weight is 681 g/mol. The van der Waals surface area contributed by atoms with Crippen molar-refractivity contribution in [2.45, 2.75) is 6.92 Å². The van der Waals surface area contributed by atoms with Crippen LogP contribution in [0, 0.1) is 19.1 Å². The Hall–Kier alpha value is -4.37. The zero-order chi connectivity index (χ0) is 25.7. The van der Waals surface area contributed by atoms with E-state index >= 15 is 0 Å². The van der Waals surface area contributed by atoms with Crippen LogP contribution in [0.4, 0.5) is 0 Å². The van der Waals surface area contributed by atoms with E-state index in [-0.39, 0.29) is 20.1 Å². The van der Waals surface area contributed by atoms with Crippen molar-refractivity contribution in [3.05, 3.63) is 145 Å². The summed E-state index contributed by atoms with van der Waals surface area (Å²) in [6, 6.07) is 44.9. The van der Waals surface area contributed by atoms with Gasteiger partial charge < -0.3 is 14.7 Å². The molecule has 39 heavy (non-hydrogen) atoms. The molecule has 1 aliphatic heterocycles.